The number of anilines is 2. The summed E-state index contributed by atoms with van der Waals surface area (Å²) < 4.78 is 5.16. The fourth-order valence-corrected chi connectivity index (χ4v) is 3.32. The van der Waals surface area contributed by atoms with E-state index in [4.69, 9.17) is 4.74 Å². The Morgan fingerprint density at radius 3 is 2.43 bits per heavy atom. The van der Waals surface area contributed by atoms with Gasteiger partial charge in [0.1, 0.15) is 6.61 Å². The first-order chi connectivity index (χ1) is 13.6. The minimum Gasteiger partial charge on any atom is -0.462 e. The van der Waals surface area contributed by atoms with E-state index in [1.165, 1.54) is 0 Å². The number of nitrogens with zero attached hydrogens (tertiary/aromatic N) is 1. The number of rotatable bonds is 7. The lowest BCUT2D eigenvalue weighted by atomic mass is 10.2. The van der Waals surface area contributed by atoms with Crippen LogP contribution in [0.4, 0.5) is 11.4 Å². The average Bonchev–Trinajstić information content (AvgIpc) is 3.14. The van der Waals surface area contributed by atoms with Crippen molar-refractivity contribution in [3.63, 3.8) is 0 Å². The smallest absolute Gasteiger partial charge is 0.338 e. The van der Waals surface area contributed by atoms with Crippen LogP contribution in [0.3, 0.4) is 0 Å². The Bertz CT molecular complexity index is 850. The molecule has 7 heteroatoms. The highest BCUT2D eigenvalue weighted by Crippen LogP contribution is 2.23. The molecule has 1 N–H and O–H groups in total. The summed E-state index contributed by atoms with van der Waals surface area (Å²) in [5.74, 6) is -0.558. The summed E-state index contributed by atoms with van der Waals surface area (Å²) >= 11 is 1.60. The van der Waals surface area contributed by atoms with Gasteiger partial charge in [0.05, 0.1) is 12.0 Å². The van der Waals surface area contributed by atoms with E-state index in [1.807, 2.05) is 30.5 Å². The van der Waals surface area contributed by atoms with Gasteiger partial charge in [-0.25, -0.2) is 4.79 Å². The lowest BCUT2D eigenvalue weighted by Gasteiger charge is -2.16. The molecular formula is C21H22N2O4S. The maximum atomic E-state index is 12.0. The Morgan fingerprint density at radius 2 is 1.82 bits per heavy atom. The first kappa shape index (κ1) is 19.9. The zero-order chi connectivity index (χ0) is 19.9. The van der Waals surface area contributed by atoms with Crippen LogP contribution >= 0.6 is 11.8 Å². The van der Waals surface area contributed by atoms with Crippen molar-refractivity contribution in [1.29, 1.82) is 0 Å². The van der Waals surface area contributed by atoms with Crippen molar-refractivity contribution in [2.75, 3.05) is 29.6 Å². The number of hydrogen-bond acceptors (Lipinski definition) is 5. The third-order valence-electron chi connectivity index (χ3n) is 4.42. The third-order valence-corrected chi connectivity index (χ3v) is 5.17. The molecule has 0 aromatic heterocycles. The SMILES string of the molecule is CSc1ccc(C(=O)OCCC(=O)Nc2ccc(N3CCCC3=O)cc2)cc1. The molecule has 3 rings (SSSR count). The number of nitrogens with one attached hydrogen (secondary N) is 1. The Labute approximate surface area is 168 Å². The molecule has 146 valence electrons. The molecule has 6 nitrogen and oxygen atoms in total. The van der Waals surface area contributed by atoms with E-state index in [2.05, 4.69) is 5.32 Å². The highest BCUT2D eigenvalue weighted by atomic mass is 32.2. The topological polar surface area (TPSA) is 75.7 Å². The van der Waals surface area contributed by atoms with Gasteiger partial charge in [0.2, 0.25) is 11.8 Å². The van der Waals surface area contributed by atoms with Crippen molar-refractivity contribution in [3.05, 3.63) is 54.1 Å². The van der Waals surface area contributed by atoms with E-state index < -0.39 is 5.97 Å². The molecule has 1 heterocycles. The van der Waals surface area contributed by atoms with Crippen molar-refractivity contribution < 1.29 is 19.1 Å². The molecule has 1 aliphatic rings. The highest BCUT2D eigenvalue weighted by Gasteiger charge is 2.21. The van der Waals surface area contributed by atoms with Crippen LogP contribution < -0.4 is 10.2 Å². The molecule has 0 saturated carbocycles. The fraction of sp³-hybridized carbons (Fsp3) is 0.286. The molecular weight excluding hydrogens is 376 g/mol. The largest absolute Gasteiger partial charge is 0.462 e. The second kappa shape index (κ2) is 9.41. The zero-order valence-corrected chi connectivity index (χ0v) is 16.5. The summed E-state index contributed by atoms with van der Waals surface area (Å²) in [6.45, 7) is 0.741. The summed E-state index contributed by atoms with van der Waals surface area (Å²) in [4.78, 5) is 38.6. The van der Waals surface area contributed by atoms with Crippen molar-refractivity contribution in [1.82, 2.24) is 0 Å². The maximum Gasteiger partial charge on any atom is 0.338 e. The fourth-order valence-electron chi connectivity index (χ4n) is 2.92. The van der Waals surface area contributed by atoms with Crippen molar-refractivity contribution in [2.45, 2.75) is 24.2 Å². The molecule has 0 radical (unpaired) electrons. The Balaban J connectivity index is 1.43. The quantitative estimate of drug-likeness (QED) is 0.568. The number of amides is 2. The van der Waals surface area contributed by atoms with Gasteiger partial charge in [-0.3, -0.25) is 9.59 Å². The monoisotopic (exact) mass is 398 g/mol. The number of benzene rings is 2. The normalized spacial score (nSPS) is 13.5. The lowest BCUT2D eigenvalue weighted by molar-refractivity contribution is -0.117. The third kappa shape index (κ3) is 5.13. The van der Waals surface area contributed by atoms with Gasteiger partial charge in [0.25, 0.3) is 0 Å². The predicted octanol–water partition coefficient (Wildman–Crippen LogP) is 3.72. The average molecular weight is 398 g/mol. The number of hydrogen-bond donors (Lipinski definition) is 1. The molecule has 2 amide bonds. The Morgan fingerprint density at radius 1 is 1.11 bits per heavy atom. The van der Waals surface area contributed by atoms with Crippen LogP contribution in [0.15, 0.2) is 53.4 Å². The van der Waals surface area contributed by atoms with Gasteiger partial charge in [0.15, 0.2) is 0 Å². The van der Waals surface area contributed by atoms with Crippen molar-refractivity contribution in [3.8, 4) is 0 Å². The lowest BCUT2D eigenvalue weighted by Crippen LogP contribution is -2.23. The first-order valence-corrected chi connectivity index (χ1v) is 10.3. The summed E-state index contributed by atoms with van der Waals surface area (Å²) in [5, 5.41) is 2.76. The molecule has 1 fully saturated rings. The molecule has 0 unspecified atom stereocenters. The van der Waals surface area contributed by atoms with Crippen LogP contribution in [0.5, 0.6) is 0 Å². The van der Waals surface area contributed by atoms with E-state index in [-0.39, 0.29) is 24.8 Å². The number of thioether (sulfide) groups is 1. The van der Waals surface area contributed by atoms with Crippen molar-refractivity contribution >= 4 is 40.9 Å². The van der Waals surface area contributed by atoms with Gasteiger partial charge in [-0.05, 0) is 61.2 Å². The number of carbonyl (C=O) groups excluding carboxylic acids is 3. The second-order valence-electron chi connectivity index (χ2n) is 6.36. The summed E-state index contributed by atoms with van der Waals surface area (Å²) in [5.41, 5.74) is 1.94. The first-order valence-electron chi connectivity index (χ1n) is 9.08. The standard InChI is InChI=1S/C21H22N2O4S/c1-28-18-10-4-15(5-11-18)21(26)27-14-12-19(24)22-16-6-8-17(9-7-16)23-13-2-3-20(23)25/h4-11H,2-3,12-14H2,1H3,(H,22,24). The van der Waals surface area contributed by atoms with Crippen LogP contribution in [0, 0.1) is 0 Å². The maximum absolute atomic E-state index is 12.0. The molecule has 1 saturated heterocycles. The van der Waals surface area contributed by atoms with Gasteiger partial charge < -0.3 is 15.0 Å². The van der Waals surface area contributed by atoms with E-state index >= 15 is 0 Å². The molecule has 0 spiro atoms. The second-order valence-corrected chi connectivity index (χ2v) is 7.24. The van der Waals surface area contributed by atoms with Gasteiger partial charge in [-0.1, -0.05) is 0 Å². The van der Waals surface area contributed by atoms with Crippen LogP contribution in [0.1, 0.15) is 29.6 Å². The molecule has 0 aliphatic carbocycles. The molecule has 0 atom stereocenters. The van der Waals surface area contributed by atoms with Crippen LogP contribution in [-0.4, -0.2) is 37.2 Å². The number of esters is 1. The van der Waals surface area contributed by atoms with Crippen LogP contribution in [0.2, 0.25) is 0 Å². The zero-order valence-electron chi connectivity index (χ0n) is 15.6. The van der Waals surface area contributed by atoms with Gasteiger partial charge in [-0.2, -0.15) is 0 Å². The van der Waals surface area contributed by atoms with E-state index in [0.29, 0.717) is 17.7 Å². The minimum atomic E-state index is -0.444. The van der Waals surface area contributed by atoms with Gasteiger partial charge >= 0.3 is 5.97 Å². The summed E-state index contributed by atoms with van der Waals surface area (Å²) in [6, 6.07) is 14.3. The molecule has 2 aromatic rings. The molecule has 1 aliphatic heterocycles. The molecule has 2 aromatic carbocycles. The number of ether oxygens (including phenoxy) is 1. The summed E-state index contributed by atoms with van der Waals surface area (Å²) in [7, 11) is 0. The van der Waals surface area contributed by atoms with E-state index in [0.717, 1.165) is 23.5 Å². The minimum absolute atomic E-state index is 0.00924. The van der Waals surface area contributed by atoms with E-state index in [1.54, 1.807) is 40.9 Å². The van der Waals surface area contributed by atoms with Crippen molar-refractivity contribution in [2.24, 2.45) is 0 Å². The molecule has 0 bridgehead atoms. The Kier molecular flexibility index (Phi) is 6.71. The van der Waals surface area contributed by atoms with E-state index in [9.17, 15) is 14.4 Å². The number of carbonyl (C=O) groups is 3. The van der Waals surface area contributed by atoms with Crippen LogP contribution in [-0.2, 0) is 14.3 Å². The predicted molar refractivity (Wildman–Crippen MR) is 110 cm³/mol. The summed E-state index contributed by atoms with van der Waals surface area (Å²) in [6.07, 6.45) is 3.49. The van der Waals surface area contributed by atoms with Gasteiger partial charge in [-0.15, -0.1) is 11.8 Å². The Hall–Kier alpha value is -2.80. The highest BCUT2D eigenvalue weighted by molar-refractivity contribution is 7.98. The molecule has 28 heavy (non-hydrogen) atoms. The van der Waals surface area contributed by atoms with Gasteiger partial charge in [0, 0.05) is 29.2 Å². The van der Waals surface area contributed by atoms with Crippen LogP contribution in [0.25, 0.3) is 0 Å².